The third kappa shape index (κ3) is 3.56. The van der Waals surface area contributed by atoms with Crippen molar-refractivity contribution in [2.75, 3.05) is 0 Å². The normalized spacial score (nSPS) is 30.2. The molecule has 0 aromatic rings. The summed E-state index contributed by atoms with van der Waals surface area (Å²) in [7, 11) is 0. The van der Waals surface area contributed by atoms with E-state index in [0.29, 0.717) is 0 Å². The molecule has 3 fully saturated rings. The van der Waals surface area contributed by atoms with Crippen molar-refractivity contribution in [3.05, 3.63) is 0 Å². The third-order valence-electron chi connectivity index (χ3n) is 7.74. The van der Waals surface area contributed by atoms with Crippen LogP contribution in [-0.4, -0.2) is 21.3 Å². The van der Waals surface area contributed by atoms with Gasteiger partial charge < -0.3 is 5.21 Å². The van der Waals surface area contributed by atoms with Crippen molar-refractivity contribution >= 4 is 0 Å². The van der Waals surface area contributed by atoms with Gasteiger partial charge in [-0.15, -0.1) is 0 Å². The lowest BCUT2D eigenvalue weighted by atomic mass is 9.60. The molecule has 0 atom stereocenters. The SMILES string of the molecule is CCCC(CCC)C1CC2(CCCCC2)N(O)C2(CCCCC2)C1. The van der Waals surface area contributed by atoms with Crippen LogP contribution in [0.5, 0.6) is 0 Å². The highest BCUT2D eigenvalue weighted by atomic mass is 16.5. The van der Waals surface area contributed by atoms with E-state index >= 15 is 0 Å². The highest BCUT2D eigenvalue weighted by Gasteiger charge is 2.55. The lowest BCUT2D eigenvalue weighted by Gasteiger charge is -2.60. The van der Waals surface area contributed by atoms with Gasteiger partial charge in [-0.1, -0.05) is 78.1 Å². The predicted molar refractivity (Wildman–Crippen MR) is 101 cm³/mol. The molecule has 1 N–H and O–H groups in total. The second-order valence-corrected chi connectivity index (χ2v) is 9.39. The van der Waals surface area contributed by atoms with Crippen LogP contribution in [-0.2, 0) is 0 Å². The minimum absolute atomic E-state index is 0.123. The Kier molecular flexibility index (Phi) is 6.30. The minimum atomic E-state index is 0.123. The molecule has 1 heterocycles. The quantitative estimate of drug-likeness (QED) is 0.603. The van der Waals surface area contributed by atoms with Gasteiger partial charge in [-0.05, 0) is 50.4 Å². The highest BCUT2D eigenvalue weighted by Crippen LogP contribution is 2.54. The molecule has 0 bridgehead atoms. The van der Waals surface area contributed by atoms with Gasteiger partial charge in [0, 0.05) is 11.1 Å². The first-order valence-electron chi connectivity index (χ1n) is 11.1. The Balaban J connectivity index is 1.87. The molecule has 1 saturated heterocycles. The summed E-state index contributed by atoms with van der Waals surface area (Å²) in [6.07, 6.45) is 21.0. The van der Waals surface area contributed by atoms with Crippen molar-refractivity contribution in [1.82, 2.24) is 5.06 Å². The van der Waals surface area contributed by atoms with Crippen molar-refractivity contribution < 1.29 is 5.21 Å². The zero-order valence-electron chi connectivity index (χ0n) is 16.4. The van der Waals surface area contributed by atoms with Crippen LogP contribution >= 0.6 is 0 Å². The van der Waals surface area contributed by atoms with Gasteiger partial charge >= 0.3 is 0 Å². The van der Waals surface area contributed by atoms with Crippen LogP contribution in [0.25, 0.3) is 0 Å². The summed E-state index contributed by atoms with van der Waals surface area (Å²) in [6.45, 7) is 4.72. The number of hydrogen-bond acceptors (Lipinski definition) is 2. The fraction of sp³-hybridized carbons (Fsp3) is 1.00. The Morgan fingerprint density at radius 3 is 1.58 bits per heavy atom. The molecular formula is C22H41NO. The molecule has 3 rings (SSSR count). The van der Waals surface area contributed by atoms with Gasteiger partial charge in [0.2, 0.25) is 0 Å². The molecular weight excluding hydrogens is 294 g/mol. The summed E-state index contributed by atoms with van der Waals surface area (Å²) in [5.74, 6) is 1.75. The topological polar surface area (TPSA) is 23.5 Å². The van der Waals surface area contributed by atoms with Gasteiger partial charge in [-0.25, -0.2) is 0 Å². The Labute approximate surface area is 150 Å². The van der Waals surface area contributed by atoms with E-state index in [1.165, 1.54) is 103 Å². The van der Waals surface area contributed by atoms with E-state index in [0.717, 1.165) is 11.8 Å². The van der Waals surface area contributed by atoms with Crippen LogP contribution in [0.15, 0.2) is 0 Å². The number of rotatable bonds is 5. The van der Waals surface area contributed by atoms with Gasteiger partial charge in [0.25, 0.3) is 0 Å². The van der Waals surface area contributed by atoms with Crippen molar-refractivity contribution in [3.63, 3.8) is 0 Å². The molecule has 0 unspecified atom stereocenters. The molecule has 2 spiro atoms. The highest BCUT2D eigenvalue weighted by molar-refractivity contribution is 5.07. The molecule has 0 amide bonds. The average Bonchev–Trinajstić information content (AvgIpc) is 2.61. The van der Waals surface area contributed by atoms with Crippen LogP contribution in [0.4, 0.5) is 0 Å². The number of hydroxylamine groups is 2. The molecule has 2 nitrogen and oxygen atoms in total. The maximum absolute atomic E-state index is 11.5. The molecule has 3 aliphatic rings. The Morgan fingerprint density at radius 1 is 0.792 bits per heavy atom. The average molecular weight is 336 g/mol. The smallest absolute Gasteiger partial charge is 0.0469 e. The van der Waals surface area contributed by atoms with Gasteiger partial charge in [-0.3, -0.25) is 0 Å². The largest absolute Gasteiger partial charge is 0.313 e. The second kappa shape index (κ2) is 8.08. The number of nitrogens with zero attached hydrogens (tertiary/aromatic N) is 1. The Morgan fingerprint density at radius 2 is 1.21 bits per heavy atom. The molecule has 2 heteroatoms. The summed E-state index contributed by atoms with van der Waals surface area (Å²) >= 11 is 0. The van der Waals surface area contributed by atoms with Crippen molar-refractivity contribution in [1.29, 1.82) is 0 Å². The fourth-order valence-electron chi connectivity index (χ4n) is 6.67. The van der Waals surface area contributed by atoms with E-state index in [2.05, 4.69) is 13.8 Å². The lowest BCUT2D eigenvalue weighted by Crippen LogP contribution is -2.65. The third-order valence-corrected chi connectivity index (χ3v) is 7.74. The molecule has 1 aliphatic heterocycles. The monoisotopic (exact) mass is 335 g/mol. The Bertz CT molecular complexity index is 347. The summed E-state index contributed by atoms with van der Waals surface area (Å²) in [6, 6.07) is 0. The molecule has 140 valence electrons. The fourth-order valence-corrected chi connectivity index (χ4v) is 6.67. The van der Waals surface area contributed by atoms with Crippen LogP contribution in [0.3, 0.4) is 0 Å². The van der Waals surface area contributed by atoms with Crippen LogP contribution in [0, 0.1) is 11.8 Å². The van der Waals surface area contributed by atoms with Gasteiger partial charge in [0.15, 0.2) is 0 Å². The zero-order chi connectivity index (χ0) is 17.0. The van der Waals surface area contributed by atoms with Crippen molar-refractivity contribution in [3.8, 4) is 0 Å². The maximum Gasteiger partial charge on any atom is 0.0469 e. The van der Waals surface area contributed by atoms with Gasteiger partial charge in [0.05, 0.1) is 0 Å². The molecule has 2 aliphatic carbocycles. The van der Waals surface area contributed by atoms with Crippen molar-refractivity contribution in [2.45, 2.75) is 128 Å². The lowest BCUT2D eigenvalue weighted by molar-refractivity contribution is -0.289. The van der Waals surface area contributed by atoms with Crippen LogP contribution in [0.1, 0.15) is 117 Å². The first kappa shape index (κ1) is 18.7. The standard InChI is InChI=1S/C22H41NO/c1-3-11-19(12-4-2)20-17-21(13-7-5-8-14-21)23(24)22(18-20)15-9-6-10-16-22/h19-20,24H,3-18H2,1-2H3. The number of hydrogen-bond donors (Lipinski definition) is 1. The molecule has 0 radical (unpaired) electrons. The van der Waals surface area contributed by atoms with E-state index < -0.39 is 0 Å². The van der Waals surface area contributed by atoms with Gasteiger partial charge in [-0.2, -0.15) is 5.06 Å². The van der Waals surface area contributed by atoms with Gasteiger partial charge in [0.1, 0.15) is 0 Å². The minimum Gasteiger partial charge on any atom is -0.313 e. The zero-order valence-corrected chi connectivity index (χ0v) is 16.4. The predicted octanol–water partition coefficient (Wildman–Crippen LogP) is 6.71. The first-order valence-corrected chi connectivity index (χ1v) is 11.1. The van der Waals surface area contributed by atoms with E-state index in [4.69, 9.17) is 0 Å². The van der Waals surface area contributed by atoms with E-state index in [9.17, 15) is 5.21 Å². The van der Waals surface area contributed by atoms with E-state index in [1.807, 2.05) is 5.06 Å². The van der Waals surface area contributed by atoms with Crippen LogP contribution in [0.2, 0.25) is 0 Å². The first-order chi connectivity index (χ1) is 11.7. The summed E-state index contributed by atoms with van der Waals surface area (Å²) in [5, 5.41) is 13.4. The molecule has 24 heavy (non-hydrogen) atoms. The van der Waals surface area contributed by atoms with E-state index in [1.54, 1.807) is 0 Å². The second-order valence-electron chi connectivity index (χ2n) is 9.39. The summed E-state index contributed by atoms with van der Waals surface area (Å²) in [4.78, 5) is 0. The summed E-state index contributed by atoms with van der Waals surface area (Å²) in [5.41, 5.74) is 0.247. The molecule has 0 aromatic heterocycles. The van der Waals surface area contributed by atoms with Crippen LogP contribution < -0.4 is 0 Å². The maximum atomic E-state index is 11.5. The van der Waals surface area contributed by atoms with E-state index in [-0.39, 0.29) is 11.1 Å². The Hall–Kier alpha value is -0.0800. The molecule has 2 saturated carbocycles. The van der Waals surface area contributed by atoms with Crippen molar-refractivity contribution in [2.24, 2.45) is 11.8 Å². The molecule has 0 aromatic carbocycles. The number of piperidine rings is 1. The summed E-state index contributed by atoms with van der Waals surface area (Å²) < 4.78 is 0.